The van der Waals surface area contributed by atoms with Crippen LogP contribution in [0.4, 0.5) is 0 Å². The third-order valence-electron chi connectivity index (χ3n) is 1.45. The maximum atomic E-state index is 4.00. The van der Waals surface area contributed by atoms with Gasteiger partial charge in [-0.05, 0) is 22.0 Å². The minimum absolute atomic E-state index is 0.933. The van der Waals surface area contributed by atoms with Crippen LogP contribution in [0.5, 0.6) is 0 Å². The lowest BCUT2D eigenvalue weighted by Crippen LogP contribution is -1.91. The lowest BCUT2D eigenvalue weighted by Gasteiger charge is -2.01. The van der Waals surface area contributed by atoms with E-state index in [0.717, 1.165) is 10.2 Å². The van der Waals surface area contributed by atoms with Gasteiger partial charge in [0.1, 0.15) is 12.7 Å². The molecular formula is C7H5BrN4. The average molecular weight is 225 g/mol. The highest BCUT2D eigenvalue weighted by Crippen LogP contribution is 2.17. The Labute approximate surface area is 77.4 Å². The van der Waals surface area contributed by atoms with Crippen molar-refractivity contribution in [3.8, 4) is 5.69 Å². The number of hydrogen-bond acceptors (Lipinski definition) is 3. The molecule has 0 spiro atoms. The molecule has 12 heavy (non-hydrogen) atoms. The topological polar surface area (TPSA) is 43.6 Å². The Morgan fingerprint density at radius 3 is 2.67 bits per heavy atom. The fourth-order valence-corrected chi connectivity index (χ4v) is 1.31. The Bertz CT molecular complexity index is 371. The van der Waals surface area contributed by atoms with E-state index in [-0.39, 0.29) is 0 Å². The number of pyridine rings is 1. The molecule has 0 saturated carbocycles. The largest absolute Gasteiger partial charge is 0.285 e. The summed E-state index contributed by atoms with van der Waals surface area (Å²) in [6.45, 7) is 0. The molecule has 0 atom stereocenters. The normalized spacial score (nSPS) is 10.1. The summed E-state index contributed by atoms with van der Waals surface area (Å²) in [6, 6.07) is 1.87. The van der Waals surface area contributed by atoms with Crippen LogP contribution in [-0.4, -0.2) is 19.7 Å². The molecule has 60 valence electrons. The van der Waals surface area contributed by atoms with Crippen LogP contribution in [0, 0.1) is 0 Å². The monoisotopic (exact) mass is 224 g/mol. The fraction of sp³-hybridized carbons (Fsp3) is 0. The van der Waals surface area contributed by atoms with Crippen LogP contribution in [0.25, 0.3) is 5.69 Å². The van der Waals surface area contributed by atoms with Crippen LogP contribution >= 0.6 is 15.9 Å². The molecule has 0 aliphatic heterocycles. The Kier molecular flexibility index (Phi) is 1.87. The maximum Gasteiger partial charge on any atom is 0.124 e. The quantitative estimate of drug-likeness (QED) is 0.737. The molecule has 5 heteroatoms. The molecule has 0 fully saturated rings. The van der Waals surface area contributed by atoms with Crippen LogP contribution < -0.4 is 0 Å². The first-order chi connectivity index (χ1) is 5.88. The number of nitrogens with zero attached hydrogens (tertiary/aromatic N) is 4. The number of halogens is 1. The highest BCUT2D eigenvalue weighted by atomic mass is 79.9. The van der Waals surface area contributed by atoms with E-state index < -0.39 is 0 Å². The molecule has 0 aliphatic rings. The lowest BCUT2D eigenvalue weighted by molar-refractivity contribution is 1.03. The van der Waals surface area contributed by atoms with Crippen molar-refractivity contribution in [2.45, 2.75) is 0 Å². The summed E-state index contributed by atoms with van der Waals surface area (Å²) >= 11 is 3.40. The third-order valence-corrected chi connectivity index (χ3v) is 2.12. The van der Waals surface area contributed by atoms with Crippen molar-refractivity contribution in [2.24, 2.45) is 0 Å². The van der Waals surface area contributed by atoms with Crippen LogP contribution in [-0.2, 0) is 0 Å². The predicted octanol–water partition coefficient (Wildman–Crippen LogP) is 1.42. The van der Waals surface area contributed by atoms with Gasteiger partial charge in [0.15, 0.2) is 0 Å². The van der Waals surface area contributed by atoms with E-state index in [1.54, 1.807) is 29.6 Å². The van der Waals surface area contributed by atoms with E-state index in [1.165, 1.54) is 0 Å². The smallest absolute Gasteiger partial charge is 0.124 e. The van der Waals surface area contributed by atoms with Crippen molar-refractivity contribution in [1.29, 1.82) is 0 Å². The van der Waals surface area contributed by atoms with Gasteiger partial charge in [-0.1, -0.05) is 0 Å². The van der Waals surface area contributed by atoms with Gasteiger partial charge in [0.2, 0.25) is 0 Å². The van der Waals surface area contributed by atoms with E-state index in [2.05, 4.69) is 31.1 Å². The Morgan fingerprint density at radius 2 is 2.00 bits per heavy atom. The van der Waals surface area contributed by atoms with Crippen LogP contribution in [0.3, 0.4) is 0 Å². The van der Waals surface area contributed by atoms with Gasteiger partial charge in [0, 0.05) is 10.7 Å². The van der Waals surface area contributed by atoms with Gasteiger partial charge in [-0.3, -0.25) is 9.55 Å². The zero-order valence-electron chi connectivity index (χ0n) is 6.05. The summed E-state index contributed by atoms with van der Waals surface area (Å²) in [7, 11) is 0. The van der Waals surface area contributed by atoms with Gasteiger partial charge in [-0.15, -0.1) is 10.2 Å². The predicted molar refractivity (Wildman–Crippen MR) is 46.9 cm³/mol. The first-order valence-corrected chi connectivity index (χ1v) is 4.12. The van der Waals surface area contributed by atoms with Crippen molar-refractivity contribution >= 4 is 15.9 Å². The van der Waals surface area contributed by atoms with Crippen molar-refractivity contribution in [2.75, 3.05) is 0 Å². The molecule has 2 aromatic rings. The zero-order chi connectivity index (χ0) is 8.39. The van der Waals surface area contributed by atoms with Crippen molar-refractivity contribution in [1.82, 2.24) is 19.7 Å². The fourth-order valence-electron chi connectivity index (χ4n) is 0.884. The van der Waals surface area contributed by atoms with Crippen LogP contribution in [0.1, 0.15) is 0 Å². The summed E-state index contributed by atoms with van der Waals surface area (Å²) in [4.78, 5) is 4.00. The standard InChI is InChI=1S/C7H5BrN4/c8-6-1-2-9-3-7(6)12-4-10-11-5-12/h1-5H. The molecule has 2 aromatic heterocycles. The Hall–Kier alpha value is -1.23. The van der Waals surface area contributed by atoms with Gasteiger partial charge >= 0.3 is 0 Å². The van der Waals surface area contributed by atoms with E-state index in [1.807, 2.05) is 6.07 Å². The van der Waals surface area contributed by atoms with Gasteiger partial charge in [-0.25, -0.2) is 0 Å². The summed E-state index contributed by atoms with van der Waals surface area (Å²) < 4.78 is 2.76. The number of rotatable bonds is 1. The lowest BCUT2D eigenvalue weighted by atomic mass is 10.4. The molecule has 2 heterocycles. The van der Waals surface area contributed by atoms with Gasteiger partial charge < -0.3 is 0 Å². The second-order valence-electron chi connectivity index (χ2n) is 2.20. The highest BCUT2D eigenvalue weighted by molar-refractivity contribution is 9.10. The van der Waals surface area contributed by atoms with Crippen molar-refractivity contribution < 1.29 is 0 Å². The number of aromatic nitrogens is 4. The second kappa shape index (κ2) is 3.02. The molecule has 0 aromatic carbocycles. The van der Waals surface area contributed by atoms with E-state index in [9.17, 15) is 0 Å². The number of hydrogen-bond donors (Lipinski definition) is 0. The molecule has 0 unspecified atom stereocenters. The SMILES string of the molecule is Brc1ccncc1-n1cnnc1. The van der Waals surface area contributed by atoms with E-state index >= 15 is 0 Å². The van der Waals surface area contributed by atoms with E-state index in [4.69, 9.17) is 0 Å². The second-order valence-corrected chi connectivity index (χ2v) is 3.05. The first kappa shape index (κ1) is 7.42. The van der Waals surface area contributed by atoms with Crippen LogP contribution in [0.15, 0.2) is 35.6 Å². The van der Waals surface area contributed by atoms with Crippen molar-refractivity contribution in [3.63, 3.8) is 0 Å². The molecule has 0 aliphatic carbocycles. The molecule has 0 amide bonds. The van der Waals surface area contributed by atoms with Crippen molar-refractivity contribution in [3.05, 3.63) is 35.6 Å². The summed E-state index contributed by atoms with van der Waals surface area (Å²) in [5.74, 6) is 0. The summed E-state index contributed by atoms with van der Waals surface area (Å²) in [5.41, 5.74) is 0.933. The van der Waals surface area contributed by atoms with Gasteiger partial charge in [0.05, 0.1) is 11.9 Å². The molecule has 4 nitrogen and oxygen atoms in total. The molecule has 0 bridgehead atoms. The molecular weight excluding hydrogens is 220 g/mol. The molecule has 0 saturated heterocycles. The van der Waals surface area contributed by atoms with Gasteiger partial charge in [0.25, 0.3) is 0 Å². The summed E-state index contributed by atoms with van der Waals surface area (Å²) in [5, 5.41) is 7.41. The molecule has 0 radical (unpaired) electrons. The Balaban J connectivity index is 2.55. The van der Waals surface area contributed by atoms with Gasteiger partial charge in [-0.2, -0.15) is 0 Å². The maximum absolute atomic E-state index is 4.00. The summed E-state index contributed by atoms with van der Waals surface area (Å²) in [6.07, 6.45) is 6.72. The molecule has 2 rings (SSSR count). The average Bonchev–Trinajstić information content (AvgIpc) is 2.57. The van der Waals surface area contributed by atoms with E-state index in [0.29, 0.717) is 0 Å². The first-order valence-electron chi connectivity index (χ1n) is 3.32. The minimum atomic E-state index is 0.933. The Morgan fingerprint density at radius 1 is 1.25 bits per heavy atom. The van der Waals surface area contributed by atoms with Crippen LogP contribution in [0.2, 0.25) is 0 Å². The zero-order valence-corrected chi connectivity index (χ0v) is 7.64. The molecule has 0 N–H and O–H groups in total. The third kappa shape index (κ3) is 1.23. The minimum Gasteiger partial charge on any atom is -0.285 e. The highest BCUT2D eigenvalue weighted by Gasteiger charge is 1.99.